The minimum atomic E-state index is 0.213. The molecule has 0 unspecified atom stereocenters. The molecule has 2 aromatic rings. The molecule has 5 nitrogen and oxygen atoms in total. The lowest BCUT2D eigenvalue weighted by Gasteiger charge is -2.10. The number of aromatic hydroxyl groups is 1. The molecule has 0 amide bonds. The first-order valence-corrected chi connectivity index (χ1v) is 7.07. The van der Waals surface area contributed by atoms with Crippen LogP contribution < -0.4 is 0 Å². The number of phenols is 1. The molecule has 0 aliphatic carbocycles. The SMILES string of the molecule is CCC(CC)c1n[nH]c(=S)n1/N=C\c1cccc(O)c1. The smallest absolute Gasteiger partial charge is 0.216 e. The molecule has 0 saturated carbocycles. The first-order valence-electron chi connectivity index (χ1n) is 6.66. The zero-order valence-electron chi connectivity index (χ0n) is 11.6. The molecule has 0 atom stereocenters. The maximum Gasteiger partial charge on any atom is 0.216 e. The molecule has 1 aromatic heterocycles. The molecule has 0 aliphatic heterocycles. The molecule has 0 radical (unpaired) electrons. The quantitative estimate of drug-likeness (QED) is 0.655. The van der Waals surface area contributed by atoms with E-state index in [1.54, 1.807) is 29.1 Å². The van der Waals surface area contributed by atoms with Gasteiger partial charge in [-0.1, -0.05) is 26.0 Å². The predicted octanol–water partition coefficient (Wildman–Crippen LogP) is 3.43. The topological polar surface area (TPSA) is 66.2 Å². The van der Waals surface area contributed by atoms with Crippen LogP contribution in [0.3, 0.4) is 0 Å². The Morgan fingerprint density at radius 2 is 2.20 bits per heavy atom. The first-order chi connectivity index (χ1) is 9.65. The zero-order valence-corrected chi connectivity index (χ0v) is 12.4. The molecular formula is C14H18N4OS. The summed E-state index contributed by atoms with van der Waals surface area (Å²) in [5.74, 6) is 1.38. The van der Waals surface area contributed by atoms with Crippen LogP contribution in [0.5, 0.6) is 5.75 Å². The van der Waals surface area contributed by atoms with Crippen molar-refractivity contribution in [2.75, 3.05) is 0 Å². The molecule has 2 rings (SSSR count). The standard InChI is InChI=1S/C14H18N4OS/c1-3-11(4-2)13-16-17-14(20)18(13)15-9-10-6-5-7-12(19)8-10/h5-9,11,19H,3-4H2,1-2H3,(H,17,20)/b15-9-. The number of nitrogens with one attached hydrogen (secondary N) is 1. The molecule has 1 heterocycles. The lowest BCUT2D eigenvalue weighted by Crippen LogP contribution is -2.05. The Morgan fingerprint density at radius 1 is 1.45 bits per heavy atom. The van der Waals surface area contributed by atoms with E-state index >= 15 is 0 Å². The number of rotatable bonds is 5. The van der Waals surface area contributed by atoms with Gasteiger partial charge in [-0.3, -0.25) is 5.10 Å². The second kappa shape index (κ2) is 6.47. The summed E-state index contributed by atoms with van der Waals surface area (Å²) >= 11 is 5.21. The summed E-state index contributed by atoms with van der Waals surface area (Å²) < 4.78 is 2.13. The Hall–Kier alpha value is -1.95. The predicted molar refractivity (Wildman–Crippen MR) is 81.8 cm³/mol. The third kappa shape index (κ3) is 3.14. The summed E-state index contributed by atoms with van der Waals surface area (Å²) in [4.78, 5) is 0. The van der Waals surface area contributed by atoms with Crippen LogP contribution in [-0.2, 0) is 0 Å². The average Bonchev–Trinajstić information content (AvgIpc) is 2.80. The van der Waals surface area contributed by atoms with Crippen LogP contribution in [0.4, 0.5) is 0 Å². The monoisotopic (exact) mass is 290 g/mol. The van der Waals surface area contributed by atoms with Gasteiger partial charge in [0.15, 0.2) is 5.82 Å². The molecule has 20 heavy (non-hydrogen) atoms. The van der Waals surface area contributed by atoms with Crippen molar-refractivity contribution in [3.63, 3.8) is 0 Å². The van der Waals surface area contributed by atoms with E-state index in [4.69, 9.17) is 12.2 Å². The van der Waals surface area contributed by atoms with Crippen molar-refractivity contribution in [1.82, 2.24) is 14.9 Å². The van der Waals surface area contributed by atoms with E-state index in [9.17, 15) is 5.11 Å². The van der Waals surface area contributed by atoms with Crippen LogP contribution in [0.2, 0.25) is 0 Å². The summed E-state index contributed by atoms with van der Waals surface area (Å²) in [6.45, 7) is 4.24. The number of aromatic amines is 1. The Bertz CT molecular complexity index is 655. The maximum absolute atomic E-state index is 9.44. The van der Waals surface area contributed by atoms with Crippen molar-refractivity contribution in [2.24, 2.45) is 5.10 Å². The highest BCUT2D eigenvalue weighted by atomic mass is 32.1. The summed E-state index contributed by atoms with van der Waals surface area (Å²) in [6, 6.07) is 6.90. The lowest BCUT2D eigenvalue weighted by molar-refractivity contribution is 0.475. The highest BCUT2D eigenvalue weighted by Gasteiger charge is 2.14. The maximum atomic E-state index is 9.44. The molecule has 6 heteroatoms. The van der Waals surface area contributed by atoms with Crippen LogP contribution in [-0.4, -0.2) is 26.2 Å². The third-order valence-corrected chi connectivity index (χ3v) is 3.48. The van der Waals surface area contributed by atoms with Crippen molar-refractivity contribution in [2.45, 2.75) is 32.6 Å². The summed E-state index contributed by atoms with van der Waals surface area (Å²) in [6.07, 6.45) is 3.63. The summed E-state index contributed by atoms with van der Waals surface area (Å²) in [5, 5.41) is 20.9. The van der Waals surface area contributed by atoms with Gasteiger partial charge in [0.1, 0.15) is 5.75 Å². The number of H-pyrrole nitrogens is 1. The van der Waals surface area contributed by atoms with E-state index in [1.165, 1.54) is 0 Å². The van der Waals surface area contributed by atoms with Crippen LogP contribution in [0, 0.1) is 4.77 Å². The van der Waals surface area contributed by atoms with Gasteiger partial charge >= 0.3 is 0 Å². The van der Waals surface area contributed by atoms with Gasteiger partial charge in [0.25, 0.3) is 0 Å². The van der Waals surface area contributed by atoms with Crippen LogP contribution in [0.1, 0.15) is 44.0 Å². The summed E-state index contributed by atoms with van der Waals surface area (Å²) in [7, 11) is 0. The van der Waals surface area contributed by atoms with Gasteiger partial charge in [-0.2, -0.15) is 14.9 Å². The number of hydrogen-bond acceptors (Lipinski definition) is 4. The molecule has 0 spiro atoms. The second-order valence-corrected chi connectivity index (χ2v) is 4.94. The fourth-order valence-electron chi connectivity index (χ4n) is 2.06. The Balaban J connectivity index is 2.34. The van der Waals surface area contributed by atoms with E-state index in [-0.39, 0.29) is 5.75 Å². The van der Waals surface area contributed by atoms with E-state index in [0.717, 1.165) is 24.2 Å². The fourth-order valence-corrected chi connectivity index (χ4v) is 2.25. The minimum absolute atomic E-state index is 0.213. The molecule has 0 fully saturated rings. The summed E-state index contributed by atoms with van der Waals surface area (Å²) in [5.41, 5.74) is 0.809. The average molecular weight is 290 g/mol. The van der Waals surface area contributed by atoms with E-state index in [1.807, 2.05) is 6.07 Å². The molecule has 2 N–H and O–H groups in total. The van der Waals surface area contributed by atoms with Crippen molar-refractivity contribution in [3.8, 4) is 5.75 Å². The van der Waals surface area contributed by atoms with Crippen LogP contribution in [0.15, 0.2) is 29.4 Å². The molecular weight excluding hydrogens is 272 g/mol. The van der Waals surface area contributed by atoms with E-state index < -0.39 is 0 Å². The number of hydrogen-bond donors (Lipinski definition) is 2. The van der Waals surface area contributed by atoms with Gasteiger partial charge in [0.2, 0.25) is 4.77 Å². The molecule has 106 valence electrons. The van der Waals surface area contributed by atoms with Crippen molar-refractivity contribution in [3.05, 3.63) is 40.4 Å². The minimum Gasteiger partial charge on any atom is -0.508 e. The van der Waals surface area contributed by atoms with E-state index in [2.05, 4.69) is 29.1 Å². The van der Waals surface area contributed by atoms with Gasteiger partial charge in [0, 0.05) is 5.92 Å². The molecule has 0 saturated heterocycles. The van der Waals surface area contributed by atoms with Crippen LogP contribution in [0.25, 0.3) is 0 Å². The van der Waals surface area contributed by atoms with Gasteiger partial charge in [-0.15, -0.1) is 0 Å². The first kappa shape index (κ1) is 14.5. The Morgan fingerprint density at radius 3 is 2.85 bits per heavy atom. The number of benzene rings is 1. The van der Waals surface area contributed by atoms with Gasteiger partial charge < -0.3 is 5.11 Å². The van der Waals surface area contributed by atoms with Crippen molar-refractivity contribution >= 4 is 18.4 Å². The van der Waals surface area contributed by atoms with Gasteiger partial charge in [-0.25, -0.2) is 0 Å². The van der Waals surface area contributed by atoms with Crippen molar-refractivity contribution < 1.29 is 5.11 Å². The molecule has 0 bridgehead atoms. The largest absolute Gasteiger partial charge is 0.508 e. The van der Waals surface area contributed by atoms with Crippen molar-refractivity contribution in [1.29, 1.82) is 0 Å². The Labute approximate surface area is 123 Å². The number of aromatic nitrogens is 3. The fraction of sp³-hybridized carbons (Fsp3) is 0.357. The van der Waals surface area contributed by atoms with Crippen LogP contribution >= 0.6 is 12.2 Å². The lowest BCUT2D eigenvalue weighted by atomic mass is 10.0. The third-order valence-electron chi connectivity index (χ3n) is 3.22. The highest BCUT2D eigenvalue weighted by Crippen LogP contribution is 2.21. The number of nitrogens with zero attached hydrogens (tertiary/aromatic N) is 3. The molecule has 0 aliphatic rings. The van der Waals surface area contributed by atoms with Gasteiger partial charge in [0.05, 0.1) is 6.21 Å². The Kier molecular flexibility index (Phi) is 4.68. The van der Waals surface area contributed by atoms with Gasteiger partial charge in [-0.05, 0) is 42.8 Å². The normalized spacial score (nSPS) is 11.6. The zero-order chi connectivity index (χ0) is 14.5. The second-order valence-electron chi connectivity index (χ2n) is 4.55. The van der Waals surface area contributed by atoms with E-state index in [0.29, 0.717) is 10.7 Å². The highest BCUT2D eigenvalue weighted by molar-refractivity contribution is 7.71. The molecule has 1 aromatic carbocycles. The number of phenolic OH excluding ortho intramolecular Hbond substituents is 1.